The molecule has 0 aliphatic carbocycles. The summed E-state index contributed by atoms with van der Waals surface area (Å²) in [6.45, 7) is 0.642. The van der Waals surface area contributed by atoms with E-state index in [4.69, 9.17) is 0 Å². The van der Waals surface area contributed by atoms with Gasteiger partial charge in [0.2, 0.25) is 0 Å². The zero-order valence-corrected chi connectivity index (χ0v) is 10.3. The van der Waals surface area contributed by atoms with Crippen molar-refractivity contribution in [2.24, 2.45) is 0 Å². The molecule has 0 unspecified atom stereocenters. The number of benzene rings is 1. The summed E-state index contributed by atoms with van der Waals surface area (Å²) in [7, 11) is 0. The number of halogens is 1. The monoisotopic (exact) mass is 272 g/mol. The van der Waals surface area contributed by atoms with Gasteiger partial charge >= 0.3 is 5.97 Å². The Balaban J connectivity index is 0.00000162. The normalized spacial score (nSPS) is 22.2. The number of rotatable bonds is 3. The van der Waals surface area contributed by atoms with E-state index >= 15 is 0 Å². The second-order valence-corrected chi connectivity index (χ2v) is 4.04. The lowest BCUT2D eigenvalue weighted by molar-refractivity contribution is -0.384. The van der Waals surface area contributed by atoms with E-state index in [0.717, 1.165) is 6.42 Å². The molecule has 98 valence electrons. The van der Waals surface area contributed by atoms with Gasteiger partial charge in [0, 0.05) is 12.1 Å². The molecule has 1 atom stereocenters. The maximum absolute atomic E-state index is 11.3. The predicted molar refractivity (Wildman–Crippen MR) is 66.9 cm³/mol. The minimum Gasteiger partial charge on any atom is -0.480 e. The molecule has 0 spiro atoms. The number of carbonyl (C=O) groups is 1. The van der Waals surface area contributed by atoms with E-state index < -0.39 is 16.4 Å². The van der Waals surface area contributed by atoms with Crippen LogP contribution >= 0.6 is 12.4 Å². The Labute approximate surface area is 110 Å². The highest BCUT2D eigenvalue weighted by molar-refractivity contribution is 5.85. The van der Waals surface area contributed by atoms with E-state index in [0.29, 0.717) is 18.5 Å². The smallest absolute Gasteiger partial charge is 0.328 e. The van der Waals surface area contributed by atoms with Gasteiger partial charge in [-0.05, 0) is 37.1 Å². The average molecular weight is 273 g/mol. The van der Waals surface area contributed by atoms with E-state index in [9.17, 15) is 20.0 Å². The van der Waals surface area contributed by atoms with Crippen molar-refractivity contribution in [2.75, 3.05) is 6.54 Å². The SMILES string of the molecule is Cl.O=C(O)[C@]1(c2ccc([N+](=O)[O-])cc2)CCCN1. The number of hydrogen-bond donors (Lipinski definition) is 2. The maximum Gasteiger partial charge on any atom is 0.328 e. The summed E-state index contributed by atoms with van der Waals surface area (Å²) in [5, 5.41) is 22.8. The van der Waals surface area contributed by atoms with Crippen LogP contribution in [0.15, 0.2) is 24.3 Å². The quantitative estimate of drug-likeness (QED) is 0.645. The highest BCUT2D eigenvalue weighted by Gasteiger charge is 2.42. The molecule has 6 nitrogen and oxygen atoms in total. The zero-order valence-electron chi connectivity index (χ0n) is 9.46. The second kappa shape index (κ2) is 5.32. The predicted octanol–water partition coefficient (Wildman–Crippen LogP) is 1.68. The molecule has 0 amide bonds. The number of aliphatic carboxylic acids is 1. The molecule has 1 saturated heterocycles. The molecule has 0 bridgehead atoms. The lowest BCUT2D eigenvalue weighted by Crippen LogP contribution is -2.44. The molecule has 1 aromatic carbocycles. The summed E-state index contributed by atoms with van der Waals surface area (Å²) in [6, 6.07) is 5.68. The molecule has 1 aliphatic rings. The number of nitro groups is 1. The number of carboxylic acid groups (broad SMARTS) is 1. The molecule has 1 aromatic rings. The zero-order chi connectivity index (χ0) is 12.5. The lowest BCUT2D eigenvalue weighted by Gasteiger charge is -2.24. The third kappa shape index (κ3) is 2.30. The molecule has 7 heteroatoms. The highest BCUT2D eigenvalue weighted by atomic mass is 35.5. The van der Waals surface area contributed by atoms with Crippen LogP contribution in [-0.4, -0.2) is 22.5 Å². The first-order valence-corrected chi connectivity index (χ1v) is 5.29. The minimum atomic E-state index is -1.09. The Morgan fingerprint density at radius 3 is 2.39 bits per heavy atom. The summed E-state index contributed by atoms with van der Waals surface area (Å²) < 4.78 is 0. The van der Waals surface area contributed by atoms with Crippen molar-refractivity contribution in [3.05, 3.63) is 39.9 Å². The van der Waals surface area contributed by atoms with Gasteiger partial charge in [0.05, 0.1) is 4.92 Å². The number of nitrogens with zero attached hydrogens (tertiary/aromatic N) is 1. The van der Waals surface area contributed by atoms with E-state index in [1.54, 1.807) is 0 Å². The van der Waals surface area contributed by atoms with Gasteiger partial charge in [0.1, 0.15) is 5.54 Å². The maximum atomic E-state index is 11.3. The van der Waals surface area contributed by atoms with Crippen molar-refractivity contribution in [1.29, 1.82) is 0 Å². The minimum absolute atomic E-state index is 0. The van der Waals surface area contributed by atoms with Gasteiger partial charge in [-0.1, -0.05) is 0 Å². The fraction of sp³-hybridized carbons (Fsp3) is 0.364. The fourth-order valence-electron chi connectivity index (χ4n) is 2.16. The Morgan fingerprint density at radius 2 is 2.00 bits per heavy atom. The van der Waals surface area contributed by atoms with Crippen molar-refractivity contribution in [2.45, 2.75) is 18.4 Å². The molecule has 1 aliphatic heterocycles. The van der Waals surface area contributed by atoms with Crippen LogP contribution in [0.5, 0.6) is 0 Å². The Hall–Kier alpha value is -1.66. The third-order valence-electron chi connectivity index (χ3n) is 3.09. The van der Waals surface area contributed by atoms with Gasteiger partial charge in [-0.25, -0.2) is 4.79 Å². The molecular weight excluding hydrogens is 260 g/mol. The molecular formula is C11H13ClN2O4. The lowest BCUT2D eigenvalue weighted by atomic mass is 9.88. The molecule has 18 heavy (non-hydrogen) atoms. The van der Waals surface area contributed by atoms with E-state index in [-0.39, 0.29) is 18.1 Å². The van der Waals surface area contributed by atoms with Crippen molar-refractivity contribution < 1.29 is 14.8 Å². The Kier molecular flexibility index (Phi) is 4.26. The third-order valence-corrected chi connectivity index (χ3v) is 3.09. The van der Waals surface area contributed by atoms with Gasteiger partial charge < -0.3 is 5.11 Å². The van der Waals surface area contributed by atoms with Crippen LogP contribution < -0.4 is 5.32 Å². The molecule has 1 fully saturated rings. The van der Waals surface area contributed by atoms with E-state index in [2.05, 4.69) is 5.32 Å². The van der Waals surface area contributed by atoms with Crippen LogP contribution in [0.1, 0.15) is 18.4 Å². The van der Waals surface area contributed by atoms with Crippen molar-refractivity contribution in [1.82, 2.24) is 5.32 Å². The van der Waals surface area contributed by atoms with Crippen LogP contribution in [0.3, 0.4) is 0 Å². The first-order chi connectivity index (χ1) is 8.06. The van der Waals surface area contributed by atoms with Gasteiger partial charge in [0.25, 0.3) is 5.69 Å². The standard InChI is InChI=1S/C11H12N2O4.ClH/c14-10(15)11(6-1-7-12-11)8-2-4-9(5-3-8)13(16)17;/h2-5,12H,1,6-7H2,(H,14,15);1H/t11-;/m1./s1. The van der Waals surface area contributed by atoms with Crippen LogP contribution in [0.2, 0.25) is 0 Å². The van der Waals surface area contributed by atoms with Crippen molar-refractivity contribution >= 4 is 24.1 Å². The second-order valence-electron chi connectivity index (χ2n) is 4.04. The molecule has 2 rings (SSSR count). The van der Waals surface area contributed by atoms with Crippen LogP contribution in [-0.2, 0) is 10.3 Å². The Morgan fingerprint density at radius 1 is 1.39 bits per heavy atom. The number of nitrogens with one attached hydrogen (secondary N) is 1. The summed E-state index contributed by atoms with van der Waals surface area (Å²) in [5.41, 5.74) is -0.560. The average Bonchev–Trinajstić information content (AvgIpc) is 2.79. The van der Waals surface area contributed by atoms with E-state index in [1.807, 2.05) is 0 Å². The number of nitro benzene ring substituents is 1. The van der Waals surface area contributed by atoms with Gasteiger partial charge in [-0.2, -0.15) is 0 Å². The molecule has 0 saturated carbocycles. The first-order valence-electron chi connectivity index (χ1n) is 5.29. The highest BCUT2D eigenvalue weighted by Crippen LogP contribution is 2.32. The summed E-state index contributed by atoms with van der Waals surface area (Å²) in [6.07, 6.45) is 1.28. The fourth-order valence-corrected chi connectivity index (χ4v) is 2.16. The van der Waals surface area contributed by atoms with Crippen molar-refractivity contribution in [3.63, 3.8) is 0 Å². The summed E-state index contributed by atoms with van der Waals surface area (Å²) in [5.74, 6) is -0.941. The van der Waals surface area contributed by atoms with Gasteiger partial charge in [0.15, 0.2) is 0 Å². The molecule has 2 N–H and O–H groups in total. The largest absolute Gasteiger partial charge is 0.480 e. The first kappa shape index (κ1) is 14.4. The number of hydrogen-bond acceptors (Lipinski definition) is 4. The van der Waals surface area contributed by atoms with Crippen LogP contribution in [0.4, 0.5) is 5.69 Å². The molecule has 0 radical (unpaired) electrons. The topological polar surface area (TPSA) is 92.5 Å². The number of carboxylic acids is 1. The van der Waals surface area contributed by atoms with Crippen molar-refractivity contribution in [3.8, 4) is 0 Å². The number of non-ortho nitro benzene ring substituents is 1. The van der Waals surface area contributed by atoms with Crippen LogP contribution in [0.25, 0.3) is 0 Å². The Bertz CT molecular complexity index is 455. The summed E-state index contributed by atoms with van der Waals surface area (Å²) >= 11 is 0. The molecule has 1 heterocycles. The van der Waals surface area contributed by atoms with E-state index in [1.165, 1.54) is 24.3 Å². The summed E-state index contributed by atoms with van der Waals surface area (Å²) in [4.78, 5) is 21.4. The van der Waals surface area contributed by atoms with Crippen LogP contribution in [0, 0.1) is 10.1 Å². The van der Waals surface area contributed by atoms with Gasteiger partial charge in [-0.3, -0.25) is 15.4 Å². The molecule has 0 aromatic heterocycles. The van der Waals surface area contributed by atoms with Gasteiger partial charge in [-0.15, -0.1) is 12.4 Å².